The Balaban J connectivity index is 1.32. The molecule has 0 spiro atoms. The molecule has 2 aliphatic carbocycles. The molecule has 0 bridgehead atoms. The molecule has 1 aromatic rings. The molecule has 0 aliphatic heterocycles. The number of hydrogen-bond acceptors (Lipinski definition) is 4. The van der Waals surface area contributed by atoms with Crippen molar-refractivity contribution in [2.75, 3.05) is 7.11 Å². The Morgan fingerprint density at radius 3 is 2.53 bits per heavy atom. The number of methoxy groups -OCH3 is 1. The second-order valence-corrected chi connectivity index (χ2v) is 10.8. The smallest absolute Gasteiger partial charge is 0.220 e. The van der Waals surface area contributed by atoms with Gasteiger partial charge in [-0.05, 0) is 68.1 Å². The van der Waals surface area contributed by atoms with Crippen LogP contribution >= 0.6 is 0 Å². The molecule has 3 rings (SSSR count). The zero-order chi connectivity index (χ0) is 25.8. The third-order valence-electron chi connectivity index (χ3n) is 7.89. The van der Waals surface area contributed by atoms with Crippen LogP contribution in [0.3, 0.4) is 0 Å². The van der Waals surface area contributed by atoms with E-state index in [1.54, 1.807) is 7.11 Å². The number of carbonyl (C=O) groups excluding carboxylic acids is 2. The number of hydrogen-bond donors (Lipinski definition) is 2. The van der Waals surface area contributed by atoms with Gasteiger partial charge in [0.15, 0.2) is 0 Å². The van der Waals surface area contributed by atoms with Gasteiger partial charge in [0.1, 0.15) is 11.5 Å². The zero-order valence-corrected chi connectivity index (χ0v) is 22.4. The van der Waals surface area contributed by atoms with Gasteiger partial charge in [0.05, 0.1) is 19.3 Å². The maximum Gasteiger partial charge on any atom is 0.220 e. The monoisotopic (exact) mass is 497 g/mol. The Bertz CT molecular complexity index is 829. The molecule has 1 amide bonds. The minimum Gasteiger partial charge on any atom is -0.497 e. The number of allylic oxidation sites excluding steroid dienone is 1. The highest BCUT2D eigenvalue weighted by atomic mass is 16.5. The highest BCUT2D eigenvalue weighted by Gasteiger charge is 2.34. The number of aliphatic hydroxyl groups is 1. The van der Waals surface area contributed by atoms with Crippen molar-refractivity contribution in [2.45, 2.75) is 109 Å². The molecule has 0 aromatic heterocycles. The van der Waals surface area contributed by atoms with Crippen LogP contribution in [0.15, 0.2) is 36.4 Å². The normalized spacial score (nSPS) is 21.6. The van der Waals surface area contributed by atoms with Crippen LogP contribution < -0.4 is 10.1 Å². The third-order valence-corrected chi connectivity index (χ3v) is 7.89. The van der Waals surface area contributed by atoms with Gasteiger partial charge >= 0.3 is 0 Å². The number of amides is 1. The molecule has 2 saturated carbocycles. The van der Waals surface area contributed by atoms with Crippen LogP contribution in [0.2, 0.25) is 0 Å². The van der Waals surface area contributed by atoms with Crippen LogP contribution in [0, 0.1) is 17.8 Å². The minimum atomic E-state index is -0.386. The highest BCUT2D eigenvalue weighted by Crippen LogP contribution is 2.41. The van der Waals surface area contributed by atoms with Crippen molar-refractivity contribution in [1.29, 1.82) is 0 Å². The SMILES string of the molecule is CCCCC[C@H](O)C=C[C@@H]1CCC(=O)[C@@H]1CCCCCCC(=O)N[C@H](c1ccc(OC)cc1)C1CC1. The van der Waals surface area contributed by atoms with E-state index >= 15 is 0 Å². The number of benzene rings is 1. The molecule has 5 nitrogen and oxygen atoms in total. The zero-order valence-electron chi connectivity index (χ0n) is 22.4. The summed E-state index contributed by atoms with van der Waals surface area (Å²) in [5.41, 5.74) is 1.16. The average Bonchev–Trinajstić information content (AvgIpc) is 3.67. The molecule has 2 aliphatic rings. The number of rotatable bonds is 17. The summed E-state index contributed by atoms with van der Waals surface area (Å²) in [4.78, 5) is 25.0. The van der Waals surface area contributed by atoms with Crippen LogP contribution in [0.1, 0.15) is 108 Å². The lowest BCUT2D eigenvalue weighted by molar-refractivity contribution is -0.122. The first-order chi connectivity index (χ1) is 17.5. The molecule has 0 unspecified atom stereocenters. The fourth-order valence-electron chi connectivity index (χ4n) is 5.47. The molecule has 1 aromatic carbocycles. The van der Waals surface area contributed by atoms with E-state index in [4.69, 9.17) is 4.74 Å². The van der Waals surface area contributed by atoms with E-state index in [-0.39, 0.29) is 29.9 Å². The second-order valence-electron chi connectivity index (χ2n) is 10.8. The molecule has 4 atom stereocenters. The summed E-state index contributed by atoms with van der Waals surface area (Å²) in [7, 11) is 1.66. The molecule has 2 fully saturated rings. The lowest BCUT2D eigenvalue weighted by Gasteiger charge is -2.19. The number of ketones is 1. The molecule has 0 radical (unpaired) electrons. The number of aliphatic hydroxyl groups excluding tert-OH is 1. The van der Waals surface area contributed by atoms with Crippen molar-refractivity contribution in [3.63, 3.8) is 0 Å². The van der Waals surface area contributed by atoms with Gasteiger partial charge in [-0.1, -0.05) is 69.7 Å². The Morgan fingerprint density at radius 2 is 1.83 bits per heavy atom. The number of carbonyl (C=O) groups is 2. The molecule has 0 heterocycles. The Morgan fingerprint density at radius 1 is 1.08 bits per heavy atom. The van der Waals surface area contributed by atoms with E-state index in [2.05, 4.69) is 30.4 Å². The fourth-order valence-corrected chi connectivity index (χ4v) is 5.47. The molecular weight excluding hydrogens is 450 g/mol. The first-order valence-electron chi connectivity index (χ1n) is 14.3. The lowest BCUT2D eigenvalue weighted by Crippen LogP contribution is -2.29. The first-order valence-corrected chi connectivity index (χ1v) is 14.3. The molecular formula is C31H47NO4. The Labute approximate surface area is 218 Å². The minimum absolute atomic E-state index is 0.104. The maximum absolute atomic E-state index is 12.6. The predicted octanol–water partition coefficient (Wildman–Crippen LogP) is 6.70. The van der Waals surface area contributed by atoms with Gasteiger partial charge in [0.2, 0.25) is 5.91 Å². The van der Waals surface area contributed by atoms with Crippen LogP contribution in [0.5, 0.6) is 5.75 Å². The van der Waals surface area contributed by atoms with E-state index in [1.807, 2.05) is 18.2 Å². The van der Waals surface area contributed by atoms with Gasteiger partial charge in [0, 0.05) is 18.8 Å². The summed E-state index contributed by atoms with van der Waals surface area (Å²) in [6.45, 7) is 2.17. The topological polar surface area (TPSA) is 75.6 Å². The van der Waals surface area contributed by atoms with Gasteiger partial charge in [-0.15, -0.1) is 0 Å². The molecule has 200 valence electrons. The average molecular weight is 498 g/mol. The summed E-state index contributed by atoms with van der Waals surface area (Å²) in [6, 6.07) is 8.14. The summed E-state index contributed by atoms with van der Waals surface area (Å²) in [6.07, 6.45) is 17.2. The van der Waals surface area contributed by atoms with Crippen molar-refractivity contribution in [2.24, 2.45) is 17.8 Å². The molecule has 2 N–H and O–H groups in total. The van der Waals surface area contributed by atoms with Gasteiger partial charge in [-0.2, -0.15) is 0 Å². The van der Waals surface area contributed by atoms with E-state index in [9.17, 15) is 14.7 Å². The van der Waals surface area contributed by atoms with Gasteiger partial charge in [-0.3, -0.25) is 9.59 Å². The summed E-state index contributed by atoms with van der Waals surface area (Å²) in [5, 5.41) is 13.4. The summed E-state index contributed by atoms with van der Waals surface area (Å²) < 4.78 is 5.25. The van der Waals surface area contributed by atoms with E-state index in [1.165, 1.54) is 12.8 Å². The first kappa shape index (κ1) is 28.4. The summed E-state index contributed by atoms with van der Waals surface area (Å²) in [5.74, 6) is 2.29. The second kappa shape index (κ2) is 15.2. The van der Waals surface area contributed by atoms with Crippen LogP contribution in [0.4, 0.5) is 0 Å². The van der Waals surface area contributed by atoms with Crippen LogP contribution in [-0.4, -0.2) is 30.0 Å². The summed E-state index contributed by atoms with van der Waals surface area (Å²) >= 11 is 0. The van der Waals surface area contributed by atoms with Gasteiger partial charge in [0.25, 0.3) is 0 Å². The maximum atomic E-state index is 12.6. The molecule has 0 saturated heterocycles. The standard InChI is InChI=1S/C31H47NO4/c1-3-4-7-10-26(33)19-15-23-18-22-29(34)28(23)11-8-5-6-9-12-30(35)32-31(24-13-14-24)25-16-20-27(36-2)21-17-25/h15-17,19-21,23-24,26,28,31,33H,3-14,18,22H2,1-2H3,(H,32,35)/t23-,26+,28-,31+/m1/s1. The number of ether oxygens (including phenoxy) is 1. The number of nitrogens with one attached hydrogen (secondary N) is 1. The quantitative estimate of drug-likeness (QED) is 0.186. The fraction of sp³-hybridized carbons (Fsp3) is 0.677. The van der Waals surface area contributed by atoms with Crippen molar-refractivity contribution < 1.29 is 19.4 Å². The lowest BCUT2D eigenvalue weighted by atomic mass is 9.89. The Hall–Kier alpha value is -2.14. The highest BCUT2D eigenvalue weighted by molar-refractivity contribution is 5.83. The molecule has 36 heavy (non-hydrogen) atoms. The number of unbranched alkanes of at least 4 members (excludes halogenated alkanes) is 5. The third kappa shape index (κ3) is 9.38. The van der Waals surface area contributed by atoms with Crippen LogP contribution in [-0.2, 0) is 9.59 Å². The number of Topliss-reactive ketones (excluding diaryl/α,β-unsaturated/α-hetero) is 1. The van der Waals surface area contributed by atoms with Crippen LogP contribution in [0.25, 0.3) is 0 Å². The van der Waals surface area contributed by atoms with Crippen molar-refractivity contribution >= 4 is 11.7 Å². The van der Waals surface area contributed by atoms with Crippen molar-refractivity contribution in [3.05, 3.63) is 42.0 Å². The van der Waals surface area contributed by atoms with Gasteiger partial charge in [-0.25, -0.2) is 0 Å². The van der Waals surface area contributed by atoms with Crippen molar-refractivity contribution in [1.82, 2.24) is 5.32 Å². The predicted molar refractivity (Wildman–Crippen MR) is 145 cm³/mol. The van der Waals surface area contributed by atoms with E-state index in [0.29, 0.717) is 24.5 Å². The largest absolute Gasteiger partial charge is 0.497 e. The van der Waals surface area contributed by atoms with E-state index < -0.39 is 0 Å². The van der Waals surface area contributed by atoms with E-state index in [0.717, 1.165) is 75.5 Å². The molecule has 5 heteroatoms. The van der Waals surface area contributed by atoms with Gasteiger partial charge < -0.3 is 15.2 Å². The Kier molecular flexibility index (Phi) is 12.0. The van der Waals surface area contributed by atoms with Crippen molar-refractivity contribution in [3.8, 4) is 5.75 Å².